The Morgan fingerprint density at radius 2 is 1.79 bits per heavy atom. The highest BCUT2D eigenvalue weighted by Crippen LogP contribution is 2.38. The van der Waals surface area contributed by atoms with E-state index in [0.717, 1.165) is 54.4 Å². The molecule has 1 saturated carbocycles. The van der Waals surface area contributed by atoms with E-state index in [4.69, 9.17) is 33.7 Å². The van der Waals surface area contributed by atoms with Crippen LogP contribution in [0, 0.1) is 13.8 Å². The molecule has 1 aliphatic carbocycles. The number of sulfonamides is 1. The number of carbonyl (C=O) groups is 1. The first-order valence-corrected chi connectivity index (χ1v) is 19.0. The van der Waals surface area contributed by atoms with Gasteiger partial charge in [-0.05, 0) is 90.0 Å². The van der Waals surface area contributed by atoms with Crippen LogP contribution >= 0.6 is 23.2 Å². The lowest BCUT2D eigenvalue weighted by atomic mass is 10.1. The smallest absolute Gasteiger partial charge is 0.243 e. The lowest BCUT2D eigenvalue weighted by molar-refractivity contribution is -0.135. The number of nitrogens with two attached hydrogens (primary N) is 1. The Morgan fingerprint density at radius 1 is 1.08 bits per heavy atom. The molecule has 1 saturated heterocycles. The number of fused-ring (bicyclic) bond motifs is 1. The van der Waals surface area contributed by atoms with Gasteiger partial charge in [0.1, 0.15) is 22.8 Å². The van der Waals surface area contributed by atoms with Crippen LogP contribution in [0.15, 0.2) is 41.3 Å². The normalized spacial score (nSPS) is 17.7. The average molecular weight is 720 g/mol. The highest BCUT2D eigenvalue weighted by atomic mass is 35.5. The van der Waals surface area contributed by atoms with E-state index in [-0.39, 0.29) is 22.4 Å². The van der Waals surface area contributed by atoms with E-state index >= 15 is 0 Å². The molecule has 5 rings (SSSR count). The van der Waals surface area contributed by atoms with E-state index in [1.807, 2.05) is 57.1 Å². The first kappa shape index (κ1) is 36.8. The fraction of sp³-hybridized carbons (Fsp3) is 0.543. The van der Waals surface area contributed by atoms with E-state index in [1.54, 1.807) is 6.07 Å². The lowest BCUT2D eigenvalue weighted by Gasteiger charge is -2.46. The van der Waals surface area contributed by atoms with Gasteiger partial charge in [-0.25, -0.2) is 13.4 Å². The van der Waals surface area contributed by atoms with Gasteiger partial charge in [-0.2, -0.15) is 4.72 Å². The second-order valence-electron chi connectivity index (χ2n) is 13.4. The molecular formula is C35H48Cl2N6O4S. The molecule has 2 fully saturated rings. The fourth-order valence-electron chi connectivity index (χ4n) is 6.99. The third-order valence-corrected chi connectivity index (χ3v) is 12.1. The van der Waals surface area contributed by atoms with Crippen LogP contribution in [-0.4, -0.2) is 92.5 Å². The van der Waals surface area contributed by atoms with Gasteiger partial charge in [-0.15, -0.1) is 0 Å². The van der Waals surface area contributed by atoms with E-state index in [2.05, 4.69) is 19.5 Å². The van der Waals surface area contributed by atoms with Crippen molar-refractivity contribution in [1.29, 1.82) is 0 Å². The van der Waals surface area contributed by atoms with E-state index in [1.165, 1.54) is 6.07 Å². The predicted molar refractivity (Wildman–Crippen MR) is 192 cm³/mol. The number of nitrogens with one attached hydrogen (secondary N) is 1. The maximum Gasteiger partial charge on any atom is 0.243 e. The Morgan fingerprint density at radius 3 is 2.48 bits per heavy atom. The molecule has 1 aromatic heterocycles. The van der Waals surface area contributed by atoms with Crippen molar-refractivity contribution in [3.05, 3.63) is 63.3 Å². The third kappa shape index (κ3) is 8.26. The molecule has 1 aliphatic heterocycles. The largest absolute Gasteiger partial charge is 0.487 e. The molecule has 3 N–H and O–H groups in total. The van der Waals surface area contributed by atoms with Crippen molar-refractivity contribution < 1.29 is 17.9 Å². The van der Waals surface area contributed by atoms with Crippen LogP contribution in [0.1, 0.15) is 61.8 Å². The number of nitrogens with zero attached hydrogens (tertiary/aromatic N) is 4. The summed E-state index contributed by atoms with van der Waals surface area (Å²) in [7, 11) is 0.000418. The highest BCUT2D eigenvalue weighted by Gasteiger charge is 2.45. The highest BCUT2D eigenvalue weighted by molar-refractivity contribution is 7.89. The number of carbonyl (C=O) groups excluding carboxylic acids is 1. The summed E-state index contributed by atoms with van der Waals surface area (Å²) in [5, 5.41) is 1.31. The number of aryl methyl sites for hydroxylation is 2. The number of pyridine rings is 1. The van der Waals surface area contributed by atoms with Crippen LogP contribution in [0.3, 0.4) is 0 Å². The average Bonchev–Trinajstić information content (AvgIpc) is 3.51. The zero-order chi connectivity index (χ0) is 34.6. The SMILES string of the molecule is Cc1cc(C)c2cccc(OCc3c(Cl)ccc(S(=O)(=O)NC4(N5CCN(C(=O)[C@@H](N)CCCCN(C)C)CC5)CCCC4)c3Cl)c2n1. The Labute approximate surface area is 294 Å². The molecule has 48 heavy (non-hydrogen) atoms. The molecule has 0 radical (unpaired) electrons. The van der Waals surface area contributed by atoms with Crippen molar-refractivity contribution >= 4 is 50.0 Å². The number of para-hydroxylation sites is 1. The Bertz CT molecular complexity index is 1720. The van der Waals surface area contributed by atoms with Crippen molar-refractivity contribution in [3.8, 4) is 5.75 Å². The fourth-order valence-corrected chi connectivity index (χ4v) is 9.33. The number of rotatable bonds is 13. The topological polar surface area (TPSA) is 121 Å². The third-order valence-electron chi connectivity index (χ3n) is 9.59. The number of hydrogen-bond donors (Lipinski definition) is 2. The van der Waals surface area contributed by atoms with E-state index in [9.17, 15) is 13.2 Å². The lowest BCUT2D eigenvalue weighted by Crippen LogP contribution is -2.64. The maximum absolute atomic E-state index is 14.1. The molecule has 0 bridgehead atoms. The van der Waals surface area contributed by atoms with Crippen molar-refractivity contribution in [2.75, 3.05) is 46.8 Å². The molecule has 1 atom stereocenters. The summed E-state index contributed by atoms with van der Waals surface area (Å²) >= 11 is 13.4. The van der Waals surface area contributed by atoms with Crippen LogP contribution in [-0.2, 0) is 21.4 Å². The molecule has 13 heteroatoms. The van der Waals surface area contributed by atoms with E-state index in [0.29, 0.717) is 61.8 Å². The first-order valence-electron chi connectivity index (χ1n) is 16.8. The summed E-state index contributed by atoms with van der Waals surface area (Å²) in [4.78, 5) is 23.9. The number of ether oxygens (including phenoxy) is 1. The molecule has 1 amide bonds. The molecule has 262 valence electrons. The molecule has 0 spiro atoms. The van der Waals surface area contributed by atoms with Gasteiger partial charge in [0.15, 0.2) is 0 Å². The van der Waals surface area contributed by atoms with Crippen molar-refractivity contribution in [2.45, 2.75) is 82.0 Å². The summed E-state index contributed by atoms with van der Waals surface area (Å²) in [6.07, 6.45) is 5.67. The van der Waals surface area contributed by atoms with Crippen molar-refractivity contribution in [3.63, 3.8) is 0 Å². The number of piperazine rings is 1. The van der Waals surface area contributed by atoms with Gasteiger partial charge in [-0.1, -0.05) is 54.6 Å². The zero-order valence-corrected chi connectivity index (χ0v) is 30.7. The van der Waals surface area contributed by atoms with Crippen LogP contribution in [0.2, 0.25) is 10.0 Å². The Kier molecular flexibility index (Phi) is 11.9. The molecule has 2 heterocycles. The number of unbranched alkanes of at least 4 members (excludes halogenated alkanes) is 1. The molecule has 0 unspecified atom stereocenters. The molecule has 10 nitrogen and oxygen atoms in total. The van der Waals surface area contributed by atoms with Gasteiger partial charge in [-0.3, -0.25) is 9.69 Å². The quantitative estimate of drug-likeness (QED) is 0.223. The zero-order valence-electron chi connectivity index (χ0n) is 28.4. The number of halogens is 2. The summed E-state index contributed by atoms with van der Waals surface area (Å²) in [5.41, 5.74) is 8.57. The summed E-state index contributed by atoms with van der Waals surface area (Å²) < 4.78 is 37.4. The predicted octanol–water partition coefficient (Wildman–Crippen LogP) is 5.49. The summed E-state index contributed by atoms with van der Waals surface area (Å²) in [6.45, 7) is 6.99. The number of aromatic nitrogens is 1. The molecular weight excluding hydrogens is 671 g/mol. The minimum atomic E-state index is -4.07. The van der Waals surface area contributed by atoms with Crippen LogP contribution in [0.25, 0.3) is 10.9 Å². The van der Waals surface area contributed by atoms with Crippen molar-refractivity contribution in [1.82, 2.24) is 24.4 Å². The number of hydrogen-bond acceptors (Lipinski definition) is 8. The van der Waals surface area contributed by atoms with Crippen LogP contribution in [0.4, 0.5) is 0 Å². The van der Waals surface area contributed by atoms with E-state index < -0.39 is 21.7 Å². The molecule has 2 aromatic carbocycles. The van der Waals surface area contributed by atoms with Gasteiger partial charge in [0, 0.05) is 47.8 Å². The minimum Gasteiger partial charge on any atom is -0.487 e. The second kappa shape index (κ2) is 15.6. The summed E-state index contributed by atoms with van der Waals surface area (Å²) in [6, 6.07) is 10.2. The monoisotopic (exact) mass is 718 g/mol. The first-order chi connectivity index (χ1) is 22.8. The molecule has 2 aliphatic rings. The minimum absolute atomic E-state index is 0.0266. The standard InChI is InChI=1S/C35H48Cl2N6O4S/c1-24-22-25(2)39-33-26(24)10-9-12-30(33)47-23-27-28(36)13-14-31(32(27)37)48(45,46)40-35(15-6-7-16-35)43-20-18-42(19-21-43)34(44)29(38)11-5-8-17-41(3)4/h9-10,12-14,22,29,40H,5-8,11,15-21,23,38H2,1-4H3/t29-/m0/s1. The second-order valence-corrected chi connectivity index (χ2v) is 15.9. The van der Waals surface area contributed by atoms with Gasteiger partial charge in [0.25, 0.3) is 0 Å². The summed E-state index contributed by atoms with van der Waals surface area (Å²) in [5.74, 6) is 0.526. The van der Waals surface area contributed by atoms with Gasteiger partial charge >= 0.3 is 0 Å². The van der Waals surface area contributed by atoms with Crippen molar-refractivity contribution in [2.24, 2.45) is 5.73 Å². The van der Waals surface area contributed by atoms with Gasteiger partial charge in [0.05, 0.1) is 16.7 Å². The van der Waals surface area contributed by atoms with Gasteiger partial charge in [0.2, 0.25) is 15.9 Å². The molecule has 3 aromatic rings. The Balaban J connectivity index is 1.28. The number of amides is 1. The maximum atomic E-state index is 14.1. The Hall–Kier alpha value is -2.51. The van der Waals surface area contributed by atoms with Gasteiger partial charge < -0.3 is 20.3 Å². The van der Waals surface area contributed by atoms with Crippen LogP contribution in [0.5, 0.6) is 5.75 Å². The number of benzene rings is 2. The van der Waals surface area contributed by atoms with Crippen LogP contribution < -0.4 is 15.2 Å².